The number of carbonyl (C=O) groups excluding carboxylic acids is 2. The SMILES string of the molecule is O=C1C(=O)N(c2nnc(SCc3cccc4ccccc34)s2)C(c2cccc(Cl)c2)/C1=C(\O)c1ccc2c(c1)OCCO2. The third kappa shape index (κ3) is 5.11. The molecule has 11 heteroatoms. The number of anilines is 1. The minimum atomic E-state index is -0.976. The number of carbonyl (C=O) groups is 2. The van der Waals surface area contributed by atoms with Crippen LogP contribution in [0.1, 0.15) is 22.7 Å². The van der Waals surface area contributed by atoms with E-state index in [9.17, 15) is 14.7 Å². The van der Waals surface area contributed by atoms with Gasteiger partial charge in [-0.3, -0.25) is 14.5 Å². The van der Waals surface area contributed by atoms with Crippen molar-refractivity contribution < 1.29 is 24.2 Å². The molecule has 0 radical (unpaired) electrons. The highest BCUT2D eigenvalue weighted by atomic mass is 35.5. The van der Waals surface area contributed by atoms with Gasteiger partial charge in [-0.2, -0.15) is 0 Å². The number of amides is 1. The molecule has 0 aliphatic carbocycles. The lowest BCUT2D eigenvalue weighted by Gasteiger charge is -2.23. The number of hydrogen-bond acceptors (Lipinski definition) is 9. The number of aromatic nitrogens is 2. The summed E-state index contributed by atoms with van der Waals surface area (Å²) < 4.78 is 11.9. The van der Waals surface area contributed by atoms with Gasteiger partial charge in [0.15, 0.2) is 15.8 Å². The lowest BCUT2D eigenvalue weighted by Crippen LogP contribution is -2.29. The Morgan fingerprint density at radius 3 is 2.60 bits per heavy atom. The van der Waals surface area contributed by atoms with Gasteiger partial charge in [0.2, 0.25) is 5.13 Å². The van der Waals surface area contributed by atoms with Gasteiger partial charge in [-0.15, -0.1) is 10.2 Å². The summed E-state index contributed by atoms with van der Waals surface area (Å²) in [7, 11) is 0. The van der Waals surface area contributed by atoms with E-state index in [-0.39, 0.29) is 16.5 Å². The number of hydrogen-bond donors (Lipinski definition) is 1. The fraction of sp³-hybridized carbons (Fsp3) is 0.125. The van der Waals surface area contributed by atoms with Crippen LogP contribution >= 0.6 is 34.7 Å². The number of ketones is 1. The first-order chi connectivity index (χ1) is 21.0. The van der Waals surface area contributed by atoms with E-state index in [1.165, 1.54) is 28.0 Å². The van der Waals surface area contributed by atoms with Crippen LogP contribution in [0.15, 0.2) is 94.8 Å². The van der Waals surface area contributed by atoms with Crippen LogP contribution in [0.25, 0.3) is 16.5 Å². The number of Topliss-reactive ketones (excluding diaryl/α,β-unsaturated/α-hetero) is 1. The molecule has 43 heavy (non-hydrogen) atoms. The van der Waals surface area contributed by atoms with Gasteiger partial charge in [-0.1, -0.05) is 89.3 Å². The van der Waals surface area contributed by atoms with Gasteiger partial charge in [0.05, 0.1) is 11.6 Å². The summed E-state index contributed by atoms with van der Waals surface area (Å²) in [4.78, 5) is 28.4. The van der Waals surface area contributed by atoms with Crippen LogP contribution in [0.3, 0.4) is 0 Å². The van der Waals surface area contributed by atoms with Crippen molar-refractivity contribution in [1.82, 2.24) is 10.2 Å². The Hall–Kier alpha value is -4.38. The maximum absolute atomic E-state index is 13.6. The summed E-state index contributed by atoms with van der Waals surface area (Å²) >= 11 is 9.04. The van der Waals surface area contributed by atoms with Crippen molar-refractivity contribution in [2.24, 2.45) is 0 Å². The van der Waals surface area contributed by atoms with Gasteiger partial charge >= 0.3 is 5.91 Å². The molecule has 1 atom stereocenters. The first-order valence-corrected chi connectivity index (χ1v) is 15.6. The molecule has 3 heterocycles. The Labute approximate surface area is 259 Å². The molecule has 1 saturated heterocycles. The summed E-state index contributed by atoms with van der Waals surface area (Å²) in [5.74, 6) is -0.351. The van der Waals surface area contributed by atoms with E-state index >= 15 is 0 Å². The third-order valence-corrected chi connectivity index (χ3v) is 9.60. The standard InChI is InChI=1S/C32H22ClN3O5S2/c33-22-9-4-7-19(15-22)27-26(28(37)20-11-12-24-25(16-20)41-14-13-40-24)29(38)30(39)36(27)31-34-35-32(43-31)42-17-21-8-3-6-18-5-1-2-10-23(18)21/h1-12,15-16,27,37H,13-14,17H2/b28-26+. The molecule has 5 aromatic rings. The van der Waals surface area contributed by atoms with Crippen molar-refractivity contribution >= 4 is 68.1 Å². The molecule has 0 bridgehead atoms. The van der Waals surface area contributed by atoms with E-state index in [0.717, 1.165) is 16.3 Å². The van der Waals surface area contributed by atoms with E-state index in [1.807, 2.05) is 18.2 Å². The lowest BCUT2D eigenvalue weighted by molar-refractivity contribution is -0.132. The van der Waals surface area contributed by atoms with Crippen molar-refractivity contribution in [1.29, 1.82) is 0 Å². The Balaban J connectivity index is 1.25. The van der Waals surface area contributed by atoms with E-state index < -0.39 is 17.7 Å². The minimum Gasteiger partial charge on any atom is -0.507 e. The first-order valence-electron chi connectivity index (χ1n) is 13.4. The maximum atomic E-state index is 13.6. The Morgan fingerprint density at radius 1 is 0.953 bits per heavy atom. The lowest BCUT2D eigenvalue weighted by atomic mass is 9.95. The van der Waals surface area contributed by atoms with E-state index in [2.05, 4.69) is 34.5 Å². The summed E-state index contributed by atoms with van der Waals surface area (Å²) in [6, 6.07) is 25.1. The van der Waals surface area contributed by atoms with E-state index in [4.69, 9.17) is 21.1 Å². The monoisotopic (exact) mass is 627 g/mol. The number of aliphatic hydroxyl groups excluding tert-OH is 1. The number of ether oxygens (including phenoxy) is 2. The predicted molar refractivity (Wildman–Crippen MR) is 167 cm³/mol. The number of fused-ring (bicyclic) bond motifs is 2. The second kappa shape index (κ2) is 11.4. The van der Waals surface area contributed by atoms with Gasteiger partial charge in [0.25, 0.3) is 5.78 Å². The van der Waals surface area contributed by atoms with Crippen LogP contribution in [0, 0.1) is 0 Å². The first kappa shape index (κ1) is 27.5. The molecule has 8 nitrogen and oxygen atoms in total. The molecule has 1 unspecified atom stereocenters. The number of rotatable bonds is 6. The normalized spacial score (nSPS) is 17.5. The fourth-order valence-corrected chi connectivity index (χ4v) is 7.35. The van der Waals surface area contributed by atoms with Crippen molar-refractivity contribution in [3.05, 3.63) is 112 Å². The molecule has 1 fully saturated rings. The number of benzene rings is 4. The van der Waals surface area contributed by atoms with Crippen molar-refractivity contribution in [2.75, 3.05) is 18.1 Å². The number of thioether (sulfide) groups is 1. The van der Waals surface area contributed by atoms with Crippen LogP contribution in [0.2, 0.25) is 5.02 Å². The van der Waals surface area contributed by atoms with Gasteiger partial charge in [0.1, 0.15) is 19.0 Å². The summed E-state index contributed by atoms with van der Waals surface area (Å²) in [6.45, 7) is 0.782. The van der Waals surface area contributed by atoms with Gasteiger partial charge in [0, 0.05) is 16.3 Å². The van der Waals surface area contributed by atoms with Crippen LogP contribution in [-0.2, 0) is 15.3 Å². The molecule has 0 saturated carbocycles. The highest BCUT2D eigenvalue weighted by Crippen LogP contribution is 2.45. The van der Waals surface area contributed by atoms with Crippen LogP contribution in [-0.4, -0.2) is 40.2 Å². The second-order valence-electron chi connectivity index (χ2n) is 9.86. The summed E-state index contributed by atoms with van der Waals surface area (Å²) in [5, 5.41) is 23.1. The highest BCUT2D eigenvalue weighted by Gasteiger charge is 2.48. The highest BCUT2D eigenvalue weighted by molar-refractivity contribution is 8.00. The van der Waals surface area contributed by atoms with E-state index in [0.29, 0.717) is 51.0 Å². The molecule has 1 amide bonds. The maximum Gasteiger partial charge on any atom is 0.301 e. The summed E-state index contributed by atoms with van der Waals surface area (Å²) in [5.41, 5.74) is 1.94. The molecule has 0 spiro atoms. The fourth-order valence-electron chi connectivity index (χ4n) is 5.28. The Morgan fingerprint density at radius 2 is 1.74 bits per heavy atom. The number of aliphatic hydroxyl groups is 1. The minimum absolute atomic E-state index is 0.0795. The largest absolute Gasteiger partial charge is 0.507 e. The van der Waals surface area contributed by atoms with Crippen LogP contribution in [0.4, 0.5) is 5.13 Å². The molecule has 1 N–H and O–H groups in total. The van der Waals surface area contributed by atoms with Crippen LogP contribution < -0.4 is 14.4 Å². The van der Waals surface area contributed by atoms with Crippen molar-refractivity contribution in [3.63, 3.8) is 0 Å². The molecule has 2 aliphatic heterocycles. The second-order valence-corrected chi connectivity index (χ2v) is 12.5. The molecule has 7 rings (SSSR count). The smallest absolute Gasteiger partial charge is 0.301 e. The average molecular weight is 628 g/mol. The average Bonchev–Trinajstić information content (AvgIpc) is 3.61. The number of nitrogens with zero attached hydrogens (tertiary/aromatic N) is 3. The van der Waals surface area contributed by atoms with Gasteiger partial charge < -0.3 is 14.6 Å². The molecule has 4 aromatic carbocycles. The topological polar surface area (TPSA) is 102 Å². The molecule has 214 valence electrons. The zero-order chi connectivity index (χ0) is 29.5. The van der Waals surface area contributed by atoms with E-state index in [1.54, 1.807) is 42.5 Å². The number of halogens is 1. The molecule has 1 aromatic heterocycles. The molecular weight excluding hydrogens is 606 g/mol. The third-order valence-electron chi connectivity index (χ3n) is 7.26. The zero-order valence-corrected chi connectivity index (χ0v) is 24.8. The Bertz CT molecular complexity index is 1940. The quantitative estimate of drug-likeness (QED) is 0.0704. The molecule has 2 aliphatic rings. The van der Waals surface area contributed by atoms with Crippen molar-refractivity contribution in [3.8, 4) is 11.5 Å². The van der Waals surface area contributed by atoms with Gasteiger partial charge in [-0.25, -0.2) is 0 Å². The predicted octanol–water partition coefficient (Wildman–Crippen LogP) is 7.03. The Kier molecular flexibility index (Phi) is 7.26. The zero-order valence-electron chi connectivity index (χ0n) is 22.4. The molecular formula is C32H22ClN3O5S2. The summed E-state index contributed by atoms with van der Waals surface area (Å²) in [6.07, 6.45) is 0. The van der Waals surface area contributed by atoms with Gasteiger partial charge in [-0.05, 0) is 52.2 Å². The van der Waals surface area contributed by atoms with Crippen molar-refractivity contribution in [2.45, 2.75) is 16.1 Å². The van der Waals surface area contributed by atoms with Crippen LogP contribution in [0.5, 0.6) is 11.5 Å².